The summed E-state index contributed by atoms with van der Waals surface area (Å²) in [5.74, 6) is 1.42. The first kappa shape index (κ1) is 30.1. The van der Waals surface area contributed by atoms with Gasteiger partial charge in [-0.15, -0.1) is 0 Å². The Morgan fingerprint density at radius 3 is 2.46 bits per heavy atom. The standard InChI is InChI=1S/C29H28IN3O7S/c1-5-37-21-9-8-18(15-22(21)38-6-2)25-19(28(35)36-4)16-32-29-33(25)27(34)24(41-29)14-17-12-20(30)26(40-11-10-31)23(13-17)39-7-3/h8-9,12-16,25H,5-7,11H2,1-4H3/b24-14-/t25-/m1/s1. The van der Waals surface area contributed by atoms with E-state index in [1.54, 1.807) is 30.3 Å². The second-order valence-electron chi connectivity index (χ2n) is 8.46. The molecule has 1 aromatic heterocycles. The van der Waals surface area contributed by atoms with Crippen molar-refractivity contribution in [2.75, 3.05) is 33.5 Å². The normalized spacial score (nSPS) is 14.3. The van der Waals surface area contributed by atoms with Gasteiger partial charge in [0.1, 0.15) is 6.07 Å². The zero-order valence-corrected chi connectivity index (χ0v) is 25.9. The van der Waals surface area contributed by atoms with Gasteiger partial charge in [-0.1, -0.05) is 17.4 Å². The first-order valence-corrected chi connectivity index (χ1v) is 14.7. The summed E-state index contributed by atoms with van der Waals surface area (Å²) in [6, 6.07) is 10.1. The van der Waals surface area contributed by atoms with Crippen LogP contribution < -0.4 is 33.8 Å². The third-order valence-corrected chi connectivity index (χ3v) is 7.72. The Morgan fingerprint density at radius 2 is 1.78 bits per heavy atom. The van der Waals surface area contributed by atoms with Gasteiger partial charge < -0.3 is 23.7 Å². The van der Waals surface area contributed by atoms with E-state index in [-0.39, 0.29) is 17.7 Å². The highest BCUT2D eigenvalue weighted by Gasteiger charge is 2.31. The summed E-state index contributed by atoms with van der Waals surface area (Å²) in [6.07, 6.45) is 3.19. The van der Waals surface area contributed by atoms with Crippen LogP contribution in [0, 0.1) is 14.9 Å². The number of nitrogens with zero attached hydrogens (tertiary/aromatic N) is 3. The molecule has 0 saturated heterocycles. The fourth-order valence-electron chi connectivity index (χ4n) is 4.32. The van der Waals surface area contributed by atoms with Crippen molar-refractivity contribution in [3.63, 3.8) is 0 Å². The van der Waals surface area contributed by atoms with Crippen LogP contribution >= 0.6 is 33.9 Å². The number of hydrogen-bond donors (Lipinski definition) is 0. The smallest absolute Gasteiger partial charge is 0.337 e. The van der Waals surface area contributed by atoms with Crippen LogP contribution in [0.25, 0.3) is 6.08 Å². The minimum Gasteiger partial charge on any atom is -0.490 e. The first-order valence-electron chi connectivity index (χ1n) is 12.8. The average Bonchev–Trinajstić information content (AvgIpc) is 3.27. The van der Waals surface area contributed by atoms with Gasteiger partial charge in [-0.2, -0.15) is 5.26 Å². The van der Waals surface area contributed by atoms with E-state index < -0.39 is 12.0 Å². The minimum absolute atomic E-state index is 0.118. The van der Waals surface area contributed by atoms with E-state index in [0.29, 0.717) is 63.3 Å². The van der Waals surface area contributed by atoms with Gasteiger partial charge in [0.25, 0.3) is 5.56 Å². The molecule has 0 radical (unpaired) electrons. The maximum absolute atomic E-state index is 13.9. The van der Waals surface area contributed by atoms with E-state index in [0.717, 1.165) is 3.57 Å². The summed E-state index contributed by atoms with van der Waals surface area (Å²) in [5, 5.41) is 8.94. The van der Waals surface area contributed by atoms with Gasteiger partial charge in [-0.05, 0) is 84.8 Å². The van der Waals surface area contributed by atoms with Crippen molar-refractivity contribution in [3.05, 3.63) is 76.5 Å². The number of hydrogen-bond acceptors (Lipinski definition) is 10. The molecule has 2 aromatic carbocycles. The third-order valence-electron chi connectivity index (χ3n) is 5.92. The first-order chi connectivity index (χ1) is 19.9. The summed E-state index contributed by atoms with van der Waals surface area (Å²) in [4.78, 5) is 31.6. The molecule has 3 aromatic rings. The van der Waals surface area contributed by atoms with E-state index in [2.05, 4.69) is 27.6 Å². The van der Waals surface area contributed by atoms with Gasteiger partial charge in [0.15, 0.2) is 34.4 Å². The summed E-state index contributed by atoms with van der Waals surface area (Å²) < 4.78 is 30.5. The van der Waals surface area contributed by atoms with E-state index in [1.807, 2.05) is 32.9 Å². The Labute approximate surface area is 254 Å². The molecule has 0 spiro atoms. The highest BCUT2D eigenvalue weighted by Crippen LogP contribution is 2.36. The molecule has 2 heterocycles. The molecule has 1 aliphatic rings. The van der Waals surface area contributed by atoms with E-state index in [1.165, 1.54) is 29.2 Å². The van der Waals surface area contributed by atoms with Crippen molar-refractivity contribution in [2.45, 2.75) is 26.8 Å². The van der Waals surface area contributed by atoms with Crippen molar-refractivity contribution in [2.24, 2.45) is 4.99 Å². The van der Waals surface area contributed by atoms with Gasteiger partial charge in [-0.3, -0.25) is 9.36 Å². The van der Waals surface area contributed by atoms with E-state index in [4.69, 9.17) is 28.9 Å². The van der Waals surface area contributed by atoms with Crippen molar-refractivity contribution in [1.82, 2.24) is 4.57 Å². The molecular weight excluding hydrogens is 661 g/mol. The molecule has 0 aliphatic carbocycles. The minimum atomic E-state index is -0.795. The summed E-state index contributed by atoms with van der Waals surface area (Å²) in [5.41, 5.74) is 1.24. The SMILES string of the molecule is CCOc1ccc([C@@H]2C(C(=O)OC)=CN=c3s/c(=C\c4cc(I)c(OCC#N)c(OCC)c4)c(=O)n32)cc1OCC. The van der Waals surface area contributed by atoms with Crippen LogP contribution in [0.4, 0.5) is 0 Å². The summed E-state index contributed by atoms with van der Waals surface area (Å²) in [7, 11) is 1.29. The van der Waals surface area contributed by atoms with Crippen LogP contribution in [0.1, 0.15) is 37.9 Å². The molecule has 214 valence electrons. The van der Waals surface area contributed by atoms with Crippen LogP contribution in [0.2, 0.25) is 0 Å². The van der Waals surface area contributed by atoms with Crippen molar-refractivity contribution in [1.29, 1.82) is 5.26 Å². The summed E-state index contributed by atoms with van der Waals surface area (Å²) >= 11 is 3.31. The zero-order chi connectivity index (χ0) is 29.5. The second-order valence-corrected chi connectivity index (χ2v) is 10.6. The van der Waals surface area contributed by atoms with Gasteiger partial charge in [-0.25, -0.2) is 9.79 Å². The lowest BCUT2D eigenvalue weighted by atomic mass is 9.97. The molecule has 4 rings (SSSR count). The quantitative estimate of drug-likeness (QED) is 0.221. The Kier molecular flexibility index (Phi) is 10.1. The molecule has 0 amide bonds. The topological polar surface area (TPSA) is 121 Å². The van der Waals surface area contributed by atoms with E-state index in [9.17, 15) is 9.59 Å². The number of halogens is 1. The number of ether oxygens (including phenoxy) is 5. The maximum atomic E-state index is 13.9. The number of carbonyl (C=O) groups excluding carboxylic acids is 1. The predicted octanol–water partition coefficient (Wildman–Crippen LogP) is 3.72. The van der Waals surface area contributed by atoms with E-state index >= 15 is 0 Å². The lowest BCUT2D eigenvalue weighted by Gasteiger charge is -2.23. The Hall–Kier alpha value is -3.83. The molecular formula is C29H28IN3O7S. The Morgan fingerprint density at radius 1 is 1.07 bits per heavy atom. The molecule has 0 unspecified atom stereocenters. The molecule has 12 heteroatoms. The van der Waals surface area contributed by atoms with Gasteiger partial charge in [0, 0.05) is 6.20 Å². The number of fused-ring (bicyclic) bond motifs is 1. The maximum Gasteiger partial charge on any atom is 0.337 e. The number of aromatic nitrogens is 1. The third kappa shape index (κ3) is 6.41. The number of benzene rings is 2. The lowest BCUT2D eigenvalue weighted by Crippen LogP contribution is -2.39. The molecule has 0 saturated carbocycles. The van der Waals surface area contributed by atoms with Crippen molar-refractivity contribution < 1.29 is 28.5 Å². The van der Waals surface area contributed by atoms with Crippen LogP contribution in [0.3, 0.4) is 0 Å². The average molecular weight is 690 g/mol. The van der Waals surface area contributed by atoms with Crippen molar-refractivity contribution in [3.8, 4) is 29.1 Å². The molecule has 0 bridgehead atoms. The zero-order valence-electron chi connectivity index (χ0n) is 22.9. The molecule has 1 atom stereocenters. The highest BCUT2D eigenvalue weighted by atomic mass is 127. The highest BCUT2D eigenvalue weighted by molar-refractivity contribution is 14.1. The molecule has 0 N–H and O–H groups in total. The number of carbonyl (C=O) groups is 1. The van der Waals surface area contributed by atoms with Gasteiger partial charge >= 0.3 is 5.97 Å². The van der Waals surface area contributed by atoms with Crippen LogP contribution in [0.5, 0.6) is 23.0 Å². The monoisotopic (exact) mass is 689 g/mol. The van der Waals surface area contributed by atoms with Crippen LogP contribution in [-0.4, -0.2) is 44.1 Å². The fraction of sp³-hybridized carbons (Fsp3) is 0.310. The number of nitriles is 1. The molecule has 0 fully saturated rings. The molecule has 41 heavy (non-hydrogen) atoms. The lowest BCUT2D eigenvalue weighted by molar-refractivity contribution is -0.136. The van der Waals surface area contributed by atoms with Crippen molar-refractivity contribution >= 4 is 46.0 Å². The Balaban J connectivity index is 1.88. The second kappa shape index (κ2) is 13.7. The van der Waals surface area contributed by atoms with Crippen LogP contribution in [0.15, 0.2) is 51.9 Å². The summed E-state index contributed by atoms with van der Waals surface area (Å²) in [6.45, 7) is 6.74. The molecule has 1 aliphatic heterocycles. The largest absolute Gasteiger partial charge is 0.490 e. The molecule has 10 nitrogen and oxygen atoms in total. The number of esters is 1. The fourth-order valence-corrected chi connectivity index (χ4v) is 6.07. The number of rotatable bonds is 11. The number of methoxy groups -OCH3 is 1. The number of thiazole rings is 1. The predicted molar refractivity (Wildman–Crippen MR) is 161 cm³/mol. The van der Waals surface area contributed by atoms with Gasteiger partial charge in [0.05, 0.1) is 46.6 Å². The van der Waals surface area contributed by atoms with Crippen LogP contribution in [-0.2, 0) is 9.53 Å². The van der Waals surface area contributed by atoms with Gasteiger partial charge in [0.2, 0.25) is 0 Å². The Bertz CT molecular complexity index is 1700.